The number of nitrogens with two attached hydrogens (primary N) is 1. The van der Waals surface area contributed by atoms with E-state index in [1.54, 1.807) is 36.4 Å². The fourth-order valence-electron chi connectivity index (χ4n) is 2.16. The number of phenolic OH excluding ortho intramolecular Hbond substituents is 2. The number of allylic oxidation sites excluding steroid dienone is 1. The van der Waals surface area contributed by atoms with Crippen molar-refractivity contribution in [3.63, 3.8) is 0 Å². The van der Waals surface area contributed by atoms with Crippen molar-refractivity contribution in [1.29, 1.82) is 0 Å². The van der Waals surface area contributed by atoms with E-state index in [2.05, 4.69) is 5.43 Å². The van der Waals surface area contributed by atoms with Gasteiger partial charge in [-0.05, 0) is 36.3 Å². The number of nitrogens with one attached hydrogen (secondary N) is 1. The lowest BCUT2D eigenvalue weighted by molar-refractivity contribution is 0.473. The second-order valence-electron chi connectivity index (χ2n) is 4.84. The summed E-state index contributed by atoms with van der Waals surface area (Å²) < 4.78 is 0. The third-order valence-electron chi connectivity index (χ3n) is 3.39. The molecule has 2 rings (SSSR count). The van der Waals surface area contributed by atoms with Crippen molar-refractivity contribution in [3.05, 3.63) is 70.9 Å². The fourth-order valence-corrected chi connectivity index (χ4v) is 2.16. The van der Waals surface area contributed by atoms with Gasteiger partial charge in [-0.2, -0.15) is 0 Å². The van der Waals surface area contributed by atoms with Gasteiger partial charge in [-0.3, -0.25) is 5.84 Å². The van der Waals surface area contributed by atoms with E-state index in [0.717, 1.165) is 17.6 Å². The van der Waals surface area contributed by atoms with E-state index in [0.29, 0.717) is 11.3 Å². The van der Waals surface area contributed by atoms with E-state index in [1.165, 1.54) is 0 Å². The van der Waals surface area contributed by atoms with Gasteiger partial charge in [0, 0.05) is 11.1 Å². The molecule has 2 aromatic carbocycles. The van der Waals surface area contributed by atoms with Crippen molar-refractivity contribution in [3.8, 4) is 11.5 Å². The Morgan fingerprint density at radius 2 is 1.45 bits per heavy atom. The molecule has 0 amide bonds. The highest BCUT2D eigenvalue weighted by atomic mass is 16.3. The molecule has 0 aliphatic heterocycles. The smallest absolute Gasteiger partial charge is 0.122 e. The normalized spacial score (nSPS) is 12.3. The predicted octanol–water partition coefficient (Wildman–Crippen LogP) is 3.40. The third kappa shape index (κ3) is 3.68. The molecule has 0 saturated carbocycles. The average Bonchev–Trinajstić information content (AvgIpc) is 2.54. The lowest BCUT2D eigenvalue weighted by atomic mass is 10.0. The molecule has 0 bridgehead atoms. The molecule has 4 heteroatoms. The van der Waals surface area contributed by atoms with Gasteiger partial charge in [0.2, 0.25) is 0 Å². The zero-order valence-corrected chi connectivity index (χ0v) is 12.5. The van der Waals surface area contributed by atoms with Crippen LogP contribution in [-0.2, 0) is 0 Å². The van der Waals surface area contributed by atoms with Gasteiger partial charge < -0.3 is 15.6 Å². The number of hydrogen-bond donors (Lipinski definition) is 4. The number of rotatable bonds is 5. The summed E-state index contributed by atoms with van der Waals surface area (Å²) in [5.41, 5.74) is 5.67. The van der Waals surface area contributed by atoms with Crippen molar-refractivity contribution in [2.24, 2.45) is 5.84 Å². The van der Waals surface area contributed by atoms with Crippen LogP contribution in [0.4, 0.5) is 0 Å². The van der Waals surface area contributed by atoms with Crippen LogP contribution in [0.3, 0.4) is 0 Å². The number of para-hydroxylation sites is 2. The topological polar surface area (TPSA) is 78.5 Å². The van der Waals surface area contributed by atoms with Crippen LogP contribution in [0.5, 0.6) is 11.5 Å². The van der Waals surface area contributed by atoms with Crippen LogP contribution in [0.15, 0.2) is 59.8 Å². The monoisotopic (exact) mass is 296 g/mol. The number of hydrazine groups is 1. The summed E-state index contributed by atoms with van der Waals surface area (Å²) in [6, 6.07) is 14.1. The molecule has 5 N–H and O–H groups in total. The summed E-state index contributed by atoms with van der Waals surface area (Å²) in [4.78, 5) is 0. The van der Waals surface area contributed by atoms with E-state index >= 15 is 0 Å². The van der Waals surface area contributed by atoms with E-state index < -0.39 is 0 Å². The van der Waals surface area contributed by atoms with E-state index in [4.69, 9.17) is 5.84 Å². The summed E-state index contributed by atoms with van der Waals surface area (Å²) in [7, 11) is 0. The molecule has 0 spiro atoms. The molecule has 2 aromatic rings. The standard InChI is InChI=1S/C18H20N2O2/c1-2-13(11-14-7-3-5-9-17(14)21)16(20-19)12-15-8-4-6-10-18(15)22/h3-12,20-22H,2,19H2,1H3. The molecule has 0 aromatic heterocycles. The lowest BCUT2D eigenvalue weighted by Gasteiger charge is -2.11. The molecule has 22 heavy (non-hydrogen) atoms. The van der Waals surface area contributed by atoms with Crippen LogP contribution in [0.2, 0.25) is 0 Å². The highest BCUT2D eigenvalue weighted by molar-refractivity contribution is 5.69. The van der Waals surface area contributed by atoms with Crippen molar-refractivity contribution < 1.29 is 10.2 Å². The first kappa shape index (κ1) is 15.7. The average molecular weight is 296 g/mol. The Morgan fingerprint density at radius 3 is 1.91 bits per heavy atom. The van der Waals surface area contributed by atoms with Gasteiger partial charge in [0.25, 0.3) is 0 Å². The molecule has 0 unspecified atom stereocenters. The molecule has 0 aliphatic carbocycles. The van der Waals surface area contributed by atoms with Crippen LogP contribution in [0.1, 0.15) is 24.5 Å². The van der Waals surface area contributed by atoms with Crippen molar-refractivity contribution in [1.82, 2.24) is 5.43 Å². The van der Waals surface area contributed by atoms with Crippen LogP contribution < -0.4 is 11.3 Å². The van der Waals surface area contributed by atoms with E-state index in [9.17, 15) is 10.2 Å². The van der Waals surface area contributed by atoms with Gasteiger partial charge in [0.1, 0.15) is 11.5 Å². The van der Waals surface area contributed by atoms with Crippen LogP contribution in [0.25, 0.3) is 12.2 Å². The number of aromatic hydroxyl groups is 2. The van der Waals surface area contributed by atoms with Gasteiger partial charge in [0.05, 0.1) is 5.70 Å². The number of benzene rings is 2. The Morgan fingerprint density at radius 1 is 0.955 bits per heavy atom. The van der Waals surface area contributed by atoms with E-state index in [1.807, 2.05) is 31.2 Å². The predicted molar refractivity (Wildman–Crippen MR) is 89.8 cm³/mol. The molecule has 0 atom stereocenters. The maximum atomic E-state index is 9.89. The first-order valence-corrected chi connectivity index (χ1v) is 7.11. The summed E-state index contributed by atoms with van der Waals surface area (Å²) in [5, 5.41) is 19.8. The second kappa shape index (κ2) is 7.33. The van der Waals surface area contributed by atoms with Crippen LogP contribution in [0, 0.1) is 0 Å². The van der Waals surface area contributed by atoms with Gasteiger partial charge in [-0.25, -0.2) is 0 Å². The van der Waals surface area contributed by atoms with Gasteiger partial charge in [-0.1, -0.05) is 43.3 Å². The Bertz CT molecular complexity index is 644. The van der Waals surface area contributed by atoms with Crippen molar-refractivity contribution in [2.45, 2.75) is 13.3 Å². The highest BCUT2D eigenvalue weighted by Gasteiger charge is 2.06. The maximum Gasteiger partial charge on any atom is 0.122 e. The SMILES string of the molecule is CCC(=Cc1ccccc1O)C(=Cc1ccccc1O)NN. The summed E-state index contributed by atoms with van der Waals surface area (Å²) in [5.74, 6) is 6.04. The molecule has 4 nitrogen and oxygen atoms in total. The van der Waals surface area contributed by atoms with E-state index in [-0.39, 0.29) is 11.5 Å². The maximum absolute atomic E-state index is 9.89. The zero-order valence-electron chi connectivity index (χ0n) is 12.5. The Kier molecular flexibility index (Phi) is 5.22. The first-order chi connectivity index (χ1) is 10.7. The molecule has 114 valence electrons. The minimum atomic E-state index is 0.188. The molecule has 0 saturated heterocycles. The lowest BCUT2D eigenvalue weighted by Crippen LogP contribution is -2.22. The first-order valence-electron chi connectivity index (χ1n) is 7.11. The Labute approximate surface area is 130 Å². The van der Waals surface area contributed by atoms with Gasteiger partial charge in [0.15, 0.2) is 0 Å². The van der Waals surface area contributed by atoms with Gasteiger partial charge >= 0.3 is 0 Å². The third-order valence-corrected chi connectivity index (χ3v) is 3.39. The molecule has 0 heterocycles. The Balaban J connectivity index is 2.44. The highest BCUT2D eigenvalue weighted by Crippen LogP contribution is 2.25. The molecule has 0 fully saturated rings. The number of phenols is 2. The Hall–Kier alpha value is -2.72. The zero-order chi connectivity index (χ0) is 15.9. The van der Waals surface area contributed by atoms with Crippen molar-refractivity contribution >= 4 is 12.2 Å². The molecule has 0 radical (unpaired) electrons. The minimum absolute atomic E-state index is 0.188. The molecular formula is C18H20N2O2. The summed E-state index contributed by atoms with van der Waals surface area (Å²) in [6.07, 6.45) is 4.38. The fraction of sp³-hybridized carbons (Fsp3) is 0.111. The number of hydrogen-bond acceptors (Lipinski definition) is 4. The van der Waals surface area contributed by atoms with Crippen molar-refractivity contribution in [2.75, 3.05) is 0 Å². The summed E-state index contributed by atoms with van der Waals surface area (Å²) in [6.45, 7) is 2.00. The molecule has 0 aliphatic rings. The molecular weight excluding hydrogens is 276 g/mol. The van der Waals surface area contributed by atoms with Crippen LogP contribution in [-0.4, -0.2) is 10.2 Å². The second-order valence-corrected chi connectivity index (χ2v) is 4.84. The minimum Gasteiger partial charge on any atom is -0.507 e. The van der Waals surface area contributed by atoms with Gasteiger partial charge in [-0.15, -0.1) is 0 Å². The largest absolute Gasteiger partial charge is 0.507 e. The summed E-state index contributed by atoms with van der Waals surface area (Å²) >= 11 is 0. The quantitative estimate of drug-likeness (QED) is 0.387. The van der Waals surface area contributed by atoms with Crippen LogP contribution >= 0.6 is 0 Å².